The summed E-state index contributed by atoms with van der Waals surface area (Å²) in [6.07, 6.45) is 52.6. The Balaban J connectivity index is 2.31. The van der Waals surface area contributed by atoms with Crippen molar-refractivity contribution in [2.45, 2.75) is 269 Å². The maximum atomic E-state index is 12.9. The van der Waals surface area contributed by atoms with Crippen molar-refractivity contribution in [3.63, 3.8) is 0 Å². The van der Waals surface area contributed by atoms with Crippen molar-refractivity contribution in [1.82, 2.24) is 0 Å². The quantitative estimate of drug-likeness (QED) is 0.0196. The number of ether oxygens (including phenoxy) is 4. The Morgan fingerprint density at radius 3 is 1.46 bits per heavy atom. The lowest BCUT2D eigenvalue weighted by Crippen LogP contribution is -2.60. The van der Waals surface area contributed by atoms with E-state index in [1.165, 1.54) is 122 Å². The SMILES string of the molecule is CC/C=C\C/C=C\C/C=C\C/C=C\CCCCCCCCC(=O)OC(COCCCCCCCCCCCCCC/C=C\CCCCCCCCCC)COC1OC(CO)C(O)C(OS(=O)(=O)O)C1O. The Morgan fingerprint density at radius 1 is 0.557 bits per heavy atom. The fourth-order valence-corrected chi connectivity index (χ4v) is 8.93. The molecule has 6 atom stereocenters. The summed E-state index contributed by atoms with van der Waals surface area (Å²) in [7, 11) is -5.07. The van der Waals surface area contributed by atoms with Crippen molar-refractivity contribution in [3.05, 3.63) is 60.8 Å². The van der Waals surface area contributed by atoms with Crippen molar-refractivity contribution in [3.8, 4) is 0 Å². The molecule has 70 heavy (non-hydrogen) atoms. The van der Waals surface area contributed by atoms with Gasteiger partial charge in [-0.2, -0.15) is 8.42 Å². The van der Waals surface area contributed by atoms with Gasteiger partial charge in [0.1, 0.15) is 30.5 Å². The van der Waals surface area contributed by atoms with E-state index in [0.29, 0.717) is 13.0 Å². The van der Waals surface area contributed by atoms with E-state index in [1.54, 1.807) is 0 Å². The molecule has 0 aromatic carbocycles. The summed E-state index contributed by atoms with van der Waals surface area (Å²) in [6.45, 7) is 3.89. The number of esters is 1. The van der Waals surface area contributed by atoms with Crippen LogP contribution >= 0.6 is 0 Å². The van der Waals surface area contributed by atoms with Crippen LogP contribution in [0.5, 0.6) is 0 Å². The van der Waals surface area contributed by atoms with Gasteiger partial charge in [0.25, 0.3) is 0 Å². The fourth-order valence-electron chi connectivity index (χ4n) is 8.42. The molecule has 1 rings (SSSR count). The highest BCUT2D eigenvalue weighted by Crippen LogP contribution is 2.26. The smallest absolute Gasteiger partial charge is 0.397 e. The minimum absolute atomic E-state index is 0.0287. The van der Waals surface area contributed by atoms with E-state index in [9.17, 15) is 33.1 Å². The highest BCUT2D eigenvalue weighted by atomic mass is 32.3. The molecule has 1 fully saturated rings. The predicted octanol–water partition coefficient (Wildman–Crippen LogP) is 13.6. The van der Waals surface area contributed by atoms with E-state index in [4.69, 9.17) is 18.9 Å². The highest BCUT2D eigenvalue weighted by Gasteiger charge is 2.48. The van der Waals surface area contributed by atoms with Crippen LogP contribution in [0.2, 0.25) is 0 Å². The monoisotopic (exact) mass is 1010 g/mol. The second-order valence-electron chi connectivity index (χ2n) is 19.1. The van der Waals surface area contributed by atoms with Crippen LogP contribution in [0.3, 0.4) is 0 Å². The summed E-state index contributed by atoms with van der Waals surface area (Å²) in [5.41, 5.74) is 0. The van der Waals surface area contributed by atoms with Gasteiger partial charge < -0.3 is 34.3 Å². The number of aliphatic hydroxyl groups excluding tert-OH is 3. The van der Waals surface area contributed by atoms with E-state index in [-0.39, 0.29) is 19.6 Å². The molecule has 12 nitrogen and oxygen atoms in total. The number of hydrogen-bond acceptors (Lipinski definition) is 11. The fraction of sp³-hybridized carbons (Fsp3) is 0.807. The largest absolute Gasteiger partial charge is 0.457 e. The lowest BCUT2D eigenvalue weighted by Gasteiger charge is -2.41. The molecule has 0 bridgehead atoms. The minimum Gasteiger partial charge on any atom is -0.457 e. The number of allylic oxidation sites excluding steroid dienone is 10. The topological polar surface area (TPSA) is 178 Å². The number of unbranched alkanes of at least 4 members (excludes halogenated alkanes) is 26. The van der Waals surface area contributed by atoms with Crippen LogP contribution in [-0.2, 0) is 38.3 Å². The third-order valence-electron chi connectivity index (χ3n) is 12.6. The maximum absolute atomic E-state index is 12.9. The van der Waals surface area contributed by atoms with Gasteiger partial charge in [0, 0.05) is 13.0 Å². The van der Waals surface area contributed by atoms with Gasteiger partial charge in [-0.1, -0.05) is 209 Å². The van der Waals surface area contributed by atoms with Crippen LogP contribution in [0.1, 0.15) is 232 Å². The van der Waals surface area contributed by atoms with Crippen LogP contribution in [0.25, 0.3) is 0 Å². The number of carbonyl (C=O) groups excluding carboxylic acids is 1. The summed E-state index contributed by atoms with van der Waals surface area (Å²) in [4.78, 5) is 12.9. The molecule has 0 spiro atoms. The first kappa shape index (κ1) is 65.8. The first-order valence-corrected chi connectivity index (χ1v) is 29.4. The van der Waals surface area contributed by atoms with Gasteiger partial charge in [0.2, 0.25) is 0 Å². The summed E-state index contributed by atoms with van der Waals surface area (Å²) < 4.78 is 59.4. The molecule has 4 N–H and O–H groups in total. The first-order chi connectivity index (χ1) is 34.1. The lowest BCUT2D eigenvalue weighted by molar-refractivity contribution is -0.301. The van der Waals surface area contributed by atoms with E-state index < -0.39 is 59.8 Å². The lowest BCUT2D eigenvalue weighted by atomic mass is 9.99. The van der Waals surface area contributed by atoms with Crippen molar-refractivity contribution in [2.24, 2.45) is 0 Å². The molecule has 0 aliphatic carbocycles. The van der Waals surface area contributed by atoms with Crippen molar-refractivity contribution in [2.75, 3.05) is 26.4 Å². The Labute approximate surface area is 427 Å². The minimum atomic E-state index is -5.07. The van der Waals surface area contributed by atoms with E-state index >= 15 is 0 Å². The van der Waals surface area contributed by atoms with Crippen LogP contribution in [-0.4, -0.2) is 97.5 Å². The molecule has 6 unspecified atom stereocenters. The Bertz CT molecular complexity index is 1450. The van der Waals surface area contributed by atoms with Gasteiger partial charge in [-0.3, -0.25) is 9.35 Å². The van der Waals surface area contributed by atoms with Crippen molar-refractivity contribution >= 4 is 16.4 Å². The van der Waals surface area contributed by atoms with Crippen LogP contribution in [0.4, 0.5) is 0 Å². The van der Waals surface area contributed by atoms with Gasteiger partial charge in [-0.25, -0.2) is 4.18 Å². The molecule has 0 amide bonds. The third-order valence-corrected chi connectivity index (χ3v) is 13.1. The van der Waals surface area contributed by atoms with E-state index in [1.807, 2.05) is 0 Å². The first-order valence-electron chi connectivity index (χ1n) is 28.0. The maximum Gasteiger partial charge on any atom is 0.397 e. The van der Waals surface area contributed by atoms with Crippen LogP contribution in [0.15, 0.2) is 60.8 Å². The number of hydrogen-bond donors (Lipinski definition) is 4. The van der Waals surface area contributed by atoms with Crippen molar-refractivity contribution in [1.29, 1.82) is 0 Å². The third kappa shape index (κ3) is 40.3. The molecule has 408 valence electrons. The molecule has 0 aromatic heterocycles. The Hall–Kier alpha value is -2.20. The Morgan fingerprint density at radius 2 is 0.986 bits per heavy atom. The molecule has 1 saturated heterocycles. The van der Waals surface area contributed by atoms with Gasteiger partial charge in [-0.05, 0) is 77.0 Å². The zero-order valence-corrected chi connectivity index (χ0v) is 44.9. The second kappa shape index (κ2) is 47.8. The standard InChI is InChI=1S/C57H102O12S/c1-3-5-7-9-11-13-15-17-19-21-23-24-25-26-27-29-31-33-35-37-39-41-43-45-47-65-49-51(50-66-57-55(61)56(69-70(62,63)64)54(60)52(48-58)68-57)67-53(59)46-44-42-40-38-36-34-32-30-28-22-20-18-16-14-12-10-8-6-4-2/h6,8,12,14,18,20-21,23,28,30,51-52,54-58,60-61H,3-5,7,9-11,13,15-17,19,22,24-27,29,31-50H2,1-2H3,(H,62,63,64)/b8-6-,14-12-,20-18-,23-21-,30-28-. The average molecular weight is 1010 g/mol. The van der Waals surface area contributed by atoms with E-state index in [0.717, 1.165) is 83.5 Å². The van der Waals surface area contributed by atoms with Crippen molar-refractivity contribution < 1.29 is 56.2 Å². The molecule has 0 saturated carbocycles. The van der Waals surface area contributed by atoms with Gasteiger partial charge in [0.05, 0.1) is 19.8 Å². The summed E-state index contributed by atoms with van der Waals surface area (Å²) in [5, 5.41) is 30.8. The molecular formula is C57H102O12S. The second-order valence-corrected chi connectivity index (χ2v) is 20.2. The Kier molecular flexibility index (Phi) is 44.9. The molecule has 13 heteroatoms. The van der Waals surface area contributed by atoms with Crippen LogP contribution in [0, 0.1) is 0 Å². The molecule has 1 heterocycles. The predicted molar refractivity (Wildman–Crippen MR) is 285 cm³/mol. The summed E-state index contributed by atoms with van der Waals surface area (Å²) >= 11 is 0. The molecule has 1 aliphatic heterocycles. The summed E-state index contributed by atoms with van der Waals surface area (Å²) in [6, 6.07) is 0. The molecular weight excluding hydrogens is 909 g/mol. The number of rotatable bonds is 49. The molecule has 0 aromatic rings. The number of aliphatic hydroxyl groups is 3. The normalized spacial score (nSPS) is 19.5. The molecule has 1 aliphatic rings. The average Bonchev–Trinajstić information content (AvgIpc) is 3.34. The van der Waals surface area contributed by atoms with Gasteiger partial charge >= 0.3 is 16.4 Å². The summed E-state index contributed by atoms with van der Waals surface area (Å²) in [5.74, 6) is -0.412. The number of carbonyl (C=O) groups is 1. The molecule has 0 radical (unpaired) electrons. The van der Waals surface area contributed by atoms with Crippen LogP contribution < -0.4 is 0 Å². The van der Waals surface area contributed by atoms with E-state index in [2.05, 4.69) is 78.8 Å². The zero-order chi connectivity index (χ0) is 51.0. The van der Waals surface area contributed by atoms with Gasteiger partial charge in [-0.15, -0.1) is 0 Å². The highest BCUT2D eigenvalue weighted by molar-refractivity contribution is 7.80. The zero-order valence-electron chi connectivity index (χ0n) is 44.1. The van der Waals surface area contributed by atoms with Gasteiger partial charge in [0.15, 0.2) is 6.29 Å².